The number of hydrogen-bond acceptors (Lipinski definition) is 3. The van der Waals surface area contributed by atoms with Gasteiger partial charge in [-0.1, -0.05) is 13.0 Å². The van der Waals surface area contributed by atoms with Crippen LogP contribution < -0.4 is 5.73 Å². The van der Waals surface area contributed by atoms with Gasteiger partial charge in [0, 0.05) is 24.1 Å². The van der Waals surface area contributed by atoms with Gasteiger partial charge in [0.25, 0.3) is 0 Å². The molecule has 2 atom stereocenters. The SMILES string of the molecule is CCOC(=O)CC(C)CC(N)c1ccc(F)cc1F. The second-order valence-corrected chi connectivity index (χ2v) is 4.62. The quantitative estimate of drug-likeness (QED) is 0.809. The van der Waals surface area contributed by atoms with Crippen molar-refractivity contribution in [3.05, 3.63) is 35.4 Å². The van der Waals surface area contributed by atoms with Gasteiger partial charge in [0.2, 0.25) is 0 Å². The van der Waals surface area contributed by atoms with E-state index in [1.165, 1.54) is 12.1 Å². The van der Waals surface area contributed by atoms with Gasteiger partial charge in [-0.3, -0.25) is 4.79 Å². The third-order valence-electron chi connectivity index (χ3n) is 2.84. The molecule has 5 heteroatoms. The number of nitrogens with two attached hydrogens (primary N) is 1. The van der Waals surface area contributed by atoms with Crippen molar-refractivity contribution in [1.29, 1.82) is 0 Å². The number of rotatable bonds is 6. The number of esters is 1. The summed E-state index contributed by atoms with van der Waals surface area (Å²) in [5.74, 6) is -1.61. The van der Waals surface area contributed by atoms with Gasteiger partial charge in [-0.2, -0.15) is 0 Å². The molecule has 106 valence electrons. The Balaban J connectivity index is 2.58. The molecule has 1 rings (SSSR count). The minimum Gasteiger partial charge on any atom is -0.466 e. The van der Waals surface area contributed by atoms with Crippen LogP contribution in [0.2, 0.25) is 0 Å². The normalized spacial score (nSPS) is 13.9. The smallest absolute Gasteiger partial charge is 0.306 e. The Bertz CT molecular complexity index is 437. The van der Waals surface area contributed by atoms with Crippen LogP contribution in [0.25, 0.3) is 0 Å². The largest absolute Gasteiger partial charge is 0.466 e. The Morgan fingerprint density at radius 2 is 2.11 bits per heavy atom. The number of carbonyl (C=O) groups excluding carboxylic acids is 1. The number of hydrogen-bond donors (Lipinski definition) is 1. The molecule has 0 fully saturated rings. The summed E-state index contributed by atoms with van der Waals surface area (Å²) in [4.78, 5) is 11.3. The van der Waals surface area contributed by atoms with Crippen molar-refractivity contribution >= 4 is 5.97 Å². The molecule has 0 spiro atoms. The number of halogens is 2. The lowest BCUT2D eigenvalue weighted by atomic mass is 9.94. The second kappa shape index (κ2) is 7.19. The van der Waals surface area contributed by atoms with Crippen LogP contribution in [-0.4, -0.2) is 12.6 Å². The third kappa shape index (κ3) is 4.95. The van der Waals surface area contributed by atoms with Gasteiger partial charge >= 0.3 is 5.97 Å². The predicted octanol–water partition coefficient (Wildman–Crippen LogP) is 2.94. The fourth-order valence-electron chi connectivity index (χ4n) is 1.95. The van der Waals surface area contributed by atoms with Gasteiger partial charge in [-0.05, 0) is 25.3 Å². The van der Waals surface area contributed by atoms with Gasteiger partial charge in [0.15, 0.2) is 0 Å². The van der Waals surface area contributed by atoms with Crippen LogP contribution in [0, 0.1) is 17.6 Å². The van der Waals surface area contributed by atoms with Crippen LogP contribution in [-0.2, 0) is 9.53 Å². The van der Waals surface area contributed by atoms with E-state index in [0.29, 0.717) is 13.0 Å². The van der Waals surface area contributed by atoms with Crippen molar-refractivity contribution in [2.45, 2.75) is 32.7 Å². The molecule has 0 aromatic heterocycles. The van der Waals surface area contributed by atoms with E-state index >= 15 is 0 Å². The first-order valence-corrected chi connectivity index (χ1v) is 6.30. The van der Waals surface area contributed by atoms with Crippen LogP contribution in [0.5, 0.6) is 0 Å². The lowest BCUT2D eigenvalue weighted by Crippen LogP contribution is -2.18. The number of benzene rings is 1. The Labute approximate surface area is 111 Å². The molecule has 2 unspecified atom stereocenters. The fourth-order valence-corrected chi connectivity index (χ4v) is 1.95. The van der Waals surface area contributed by atoms with Crippen LogP contribution >= 0.6 is 0 Å². The van der Waals surface area contributed by atoms with Gasteiger partial charge in [-0.15, -0.1) is 0 Å². The van der Waals surface area contributed by atoms with Crippen molar-refractivity contribution in [2.75, 3.05) is 6.61 Å². The van der Waals surface area contributed by atoms with E-state index in [9.17, 15) is 13.6 Å². The molecule has 0 amide bonds. The lowest BCUT2D eigenvalue weighted by Gasteiger charge is -2.17. The summed E-state index contributed by atoms with van der Waals surface area (Å²) in [5.41, 5.74) is 6.14. The van der Waals surface area contributed by atoms with E-state index < -0.39 is 17.7 Å². The molecule has 19 heavy (non-hydrogen) atoms. The molecule has 0 aliphatic heterocycles. The van der Waals surface area contributed by atoms with Crippen LogP contribution in [0.4, 0.5) is 8.78 Å². The van der Waals surface area contributed by atoms with Gasteiger partial charge < -0.3 is 10.5 Å². The molecule has 0 aliphatic rings. The molecular formula is C14H19F2NO2. The summed E-state index contributed by atoms with van der Waals surface area (Å²) in [6.07, 6.45) is 0.672. The molecule has 2 N–H and O–H groups in total. The molecule has 3 nitrogen and oxygen atoms in total. The van der Waals surface area contributed by atoms with Crippen molar-refractivity contribution in [3.8, 4) is 0 Å². The summed E-state index contributed by atoms with van der Waals surface area (Å²) >= 11 is 0. The summed E-state index contributed by atoms with van der Waals surface area (Å²) in [6.45, 7) is 3.92. The monoisotopic (exact) mass is 271 g/mol. The highest BCUT2D eigenvalue weighted by atomic mass is 19.1. The minimum absolute atomic E-state index is 0.0292. The molecule has 1 aromatic carbocycles. The molecule has 0 heterocycles. The average Bonchev–Trinajstić information content (AvgIpc) is 2.28. The summed E-state index contributed by atoms with van der Waals surface area (Å²) in [5, 5.41) is 0. The first-order chi connectivity index (χ1) is 8.93. The van der Waals surface area contributed by atoms with E-state index in [-0.39, 0.29) is 23.9 Å². The summed E-state index contributed by atoms with van der Waals surface area (Å²) in [7, 11) is 0. The van der Waals surface area contributed by atoms with E-state index in [4.69, 9.17) is 10.5 Å². The standard InChI is InChI=1S/C14H19F2NO2/c1-3-19-14(18)7-9(2)6-13(17)11-5-4-10(15)8-12(11)16/h4-5,8-9,13H,3,6-7,17H2,1-2H3. The van der Waals surface area contributed by atoms with Crippen molar-refractivity contribution in [2.24, 2.45) is 11.7 Å². The summed E-state index contributed by atoms with van der Waals surface area (Å²) in [6, 6.07) is 2.76. The van der Waals surface area contributed by atoms with E-state index in [1.807, 2.05) is 6.92 Å². The van der Waals surface area contributed by atoms with Gasteiger partial charge in [0.05, 0.1) is 6.61 Å². The Morgan fingerprint density at radius 1 is 1.42 bits per heavy atom. The maximum absolute atomic E-state index is 13.5. The third-order valence-corrected chi connectivity index (χ3v) is 2.84. The Morgan fingerprint density at radius 3 is 2.68 bits per heavy atom. The Hall–Kier alpha value is -1.49. The van der Waals surface area contributed by atoms with Gasteiger partial charge in [-0.25, -0.2) is 8.78 Å². The predicted molar refractivity (Wildman–Crippen MR) is 68.3 cm³/mol. The maximum atomic E-state index is 13.5. The molecule has 0 radical (unpaired) electrons. The van der Waals surface area contributed by atoms with Crippen LogP contribution in [0.3, 0.4) is 0 Å². The molecule has 0 saturated carbocycles. The van der Waals surface area contributed by atoms with Crippen LogP contribution in [0.1, 0.15) is 38.3 Å². The van der Waals surface area contributed by atoms with Crippen LogP contribution in [0.15, 0.2) is 18.2 Å². The molecular weight excluding hydrogens is 252 g/mol. The van der Waals surface area contributed by atoms with Crippen molar-refractivity contribution in [3.63, 3.8) is 0 Å². The average molecular weight is 271 g/mol. The molecule has 1 aromatic rings. The minimum atomic E-state index is -0.657. The maximum Gasteiger partial charge on any atom is 0.306 e. The zero-order chi connectivity index (χ0) is 14.4. The first kappa shape index (κ1) is 15.6. The Kier molecular flexibility index (Phi) is 5.89. The second-order valence-electron chi connectivity index (χ2n) is 4.62. The highest BCUT2D eigenvalue weighted by Crippen LogP contribution is 2.23. The lowest BCUT2D eigenvalue weighted by molar-refractivity contribution is -0.144. The van der Waals surface area contributed by atoms with E-state index in [0.717, 1.165) is 6.07 Å². The summed E-state index contributed by atoms with van der Waals surface area (Å²) < 4.78 is 31.1. The topological polar surface area (TPSA) is 52.3 Å². The molecule has 0 saturated heterocycles. The van der Waals surface area contributed by atoms with Gasteiger partial charge in [0.1, 0.15) is 11.6 Å². The first-order valence-electron chi connectivity index (χ1n) is 6.30. The molecule has 0 aliphatic carbocycles. The highest BCUT2D eigenvalue weighted by molar-refractivity contribution is 5.69. The van der Waals surface area contributed by atoms with Crippen molar-refractivity contribution in [1.82, 2.24) is 0 Å². The number of carbonyl (C=O) groups is 1. The number of ether oxygens (including phenoxy) is 1. The highest BCUT2D eigenvalue weighted by Gasteiger charge is 2.17. The zero-order valence-corrected chi connectivity index (χ0v) is 11.2. The zero-order valence-electron chi connectivity index (χ0n) is 11.2. The molecule has 0 bridgehead atoms. The van der Waals surface area contributed by atoms with E-state index in [2.05, 4.69) is 0 Å². The van der Waals surface area contributed by atoms with E-state index in [1.54, 1.807) is 6.92 Å². The fraction of sp³-hybridized carbons (Fsp3) is 0.500. The van der Waals surface area contributed by atoms with Crippen molar-refractivity contribution < 1.29 is 18.3 Å².